The first kappa shape index (κ1) is 26.1. The van der Waals surface area contributed by atoms with Crippen molar-refractivity contribution in [1.29, 1.82) is 0 Å². The van der Waals surface area contributed by atoms with Gasteiger partial charge in [-0.25, -0.2) is 0 Å². The maximum Gasteiger partial charge on any atom is 0.297 e. The lowest BCUT2D eigenvalue weighted by molar-refractivity contribution is 0.102. The van der Waals surface area contributed by atoms with Gasteiger partial charge in [0.2, 0.25) is 0 Å². The van der Waals surface area contributed by atoms with Crippen LogP contribution in [0.3, 0.4) is 0 Å². The summed E-state index contributed by atoms with van der Waals surface area (Å²) in [6.45, 7) is 3.73. The van der Waals surface area contributed by atoms with Gasteiger partial charge in [0.1, 0.15) is 22.0 Å². The second kappa shape index (κ2) is 10.6. The molecule has 0 radical (unpaired) electrons. The lowest BCUT2D eigenvalue weighted by Gasteiger charge is -2.12. The van der Waals surface area contributed by atoms with E-state index in [1.54, 1.807) is 48.5 Å². The van der Waals surface area contributed by atoms with Crippen molar-refractivity contribution in [1.82, 2.24) is 0 Å². The van der Waals surface area contributed by atoms with E-state index in [9.17, 15) is 22.9 Å². The zero-order chi connectivity index (χ0) is 26.7. The van der Waals surface area contributed by atoms with Gasteiger partial charge in [-0.3, -0.25) is 9.35 Å². The third-order valence-corrected chi connectivity index (χ3v) is 6.92. The number of aromatic hydroxyl groups is 1. The molecular formula is C26H22ClN3O6S. The average Bonchev–Trinajstić information content (AvgIpc) is 2.84. The number of fused-ring (bicyclic) bond motifs is 1. The molecule has 0 unspecified atom stereocenters. The van der Waals surface area contributed by atoms with Crippen molar-refractivity contribution in [3.05, 3.63) is 82.9 Å². The summed E-state index contributed by atoms with van der Waals surface area (Å²) in [6, 6.07) is 17.9. The Bertz CT molecular complexity index is 1650. The number of hydrogen-bond acceptors (Lipinski definition) is 7. The lowest BCUT2D eigenvalue weighted by atomic mass is 10.0. The van der Waals surface area contributed by atoms with Crippen LogP contribution in [0.25, 0.3) is 10.8 Å². The number of rotatable bonds is 7. The minimum absolute atomic E-state index is 0.0554. The van der Waals surface area contributed by atoms with Crippen molar-refractivity contribution in [3.63, 3.8) is 0 Å². The molecule has 4 aromatic rings. The molecule has 0 aliphatic rings. The van der Waals surface area contributed by atoms with Crippen molar-refractivity contribution < 1.29 is 27.6 Å². The monoisotopic (exact) mass is 539 g/mol. The third kappa shape index (κ3) is 5.56. The molecule has 0 bridgehead atoms. The molecule has 0 aliphatic heterocycles. The zero-order valence-corrected chi connectivity index (χ0v) is 21.3. The fourth-order valence-corrected chi connectivity index (χ4v) is 4.87. The van der Waals surface area contributed by atoms with Gasteiger partial charge in [-0.05, 0) is 55.1 Å². The fourth-order valence-electron chi connectivity index (χ4n) is 3.78. The zero-order valence-electron chi connectivity index (χ0n) is 19.8. The van der Waals surface area contributed by atoms with E-state index in [1.165, 1.54) is 25.1 Å². The SMILES string of the molecule is CCOc1cccc(NC(=O)c2cc3ccccc3c(N=Nc3ccc(Cl)c(C)c3S(=O)(=O)O)c2O)c1. The van der Waals surface area contributed by atoms with Crippen LogP contribution in [0.15, 0.2) is 81.9 Å². The van der Waals surface area contributed by atoms with E-state index < -0.39 is 26.7 Å². The molecule has 4 aromatic carbocycles. The molecule has 0 heterocycles. The number of nitrogens with zero attached hydrogens (tertiary/aromatic N) is 2. The standard InChI is InChI=1S/C26H22ClN3O6S/c1-3-36-18-9-6-8-17(14-18)28-26(32)20-13-16-7-4-5-10-19(16)23(24(20)31)30-29-22-12-11-21(27)15(2)25(22)37(33,34)35/h4-14,31H,3H2,1-2H3,(H,28,32)(H,33,34,35). The van der Waals surface area contributed by atoms with Crippen LogP contribution in [0.5, 0.6) is 11.5 Å². The highest BCUT2D eigenvalue weighted by atomic mass is 35.5. The summed E-state index contributed by atoms with van der Waals surface area (Å²) >= 11 is 6.02. The predicted molar refractivity (Wildman–Crippen MR) is 141 cm³/mol. The number of hydrogen-bond donors (Lipinski definition) is 3. The van der Waals surface area contributed by atoms with Gasteiger partial charge in [0.15, 0.2) is 5.75 Å². The van der Waals surface area contributed by atoms with Gasteiger partial charge in [0.05, 0.1) is 12.2 Å². The molecule has 0 spiro atoms. The van der Waals surface area contributed by atoms with Crippen molar-refractivity contribution in [2.24, 2.45) is 10.2 Å². The van der Waals surface area contributed by atoms with Gasteiger partial charge in [-0.15, -0.1) is 10.2 Å². The average molecular weight is 540 g/mol. The van der Waals surface area contributed by atoms with Gasteiger partial charge in [0.25, 0.3) is 16.0 Å². The maximum atomic E-state index is 13.1. The van der Waals surface area contributed by atoms with Crippen molar-refractivity contribution in [2.75, 3.05) is 11.9 Å². The van der Waals surface area contributed by atoms with Crippen LogP contribution in [0, 0.1) is 6.92 Å². The molecule has 0 fully saturated rings. The Balaban J connectivity index is 1.80. The highest BCUT2D eigenvalue weighted by molar-refractivity contribution is 7.86. The summed E-state index contributed by atoms with van der Waals surface area (Å²) in [5.41, 5.74) is 0.241. The molecule has 1 amide bonds. The summed E-state index contributed by atoms with van der Waals surface area (Å²) in [4.78, 5) is 12.6. The van der Waals surface area contributed by atoms with E-state index in [4.69, 9.17) is 16.3 Å². The van der Waals surface area contributed by atoms with Gasteiger partial charge in [-0.1, -0.05) is 41.9 Å². The highest BCUT2D eigenvalue weighted by Crippen LogP contribution is 2.41. The summed E-state index contributed by atoms with van der Waals surface area (Å²) in [7, 11) is -4.68. The van der Waals surface area contributed by atoms with Gasteiger partial charge >= 0.3 is 0 Å². The Kier molecular flexibility index (Phi) is 7.44. The van der Waals surface area contributed by atoms with E-state index in [0.29, 0.717) is 28.8 Å². The number of carbonyl (C=O) groups is 1. The summed E-state index contributed by atoms with van der Waals surface area (Å²) in [5.74, 6) is -0.486. The molecule has 0 saturated carbocycles. The molecule has 0 aliphatic carbocycles. The van der Waals surface area contributed by atoms with Crippen LogP contribution >= 0.6 is 11.6 Å². The molecule has 9 nitrogen and oxygen atoms in total. The number of halogens is 1. The predicted octanol–water partition coefficient (Wildman–Crippen LogP) is 6.82. The van der Waals surface area contributed by atoms with E-state index in [2.05, 4.69) is 15.5 Å². The summed E-state index contributed by atoms with van der Waals surface area (Å²) < 4.78 is 39.1. The first-order valence-electron chi connectivity index (χ1n) is 11.1. The lowest BCUT2D eigenvalue weighted by Crippen LogP contribution is -2.12. The Hall–Kier alpha value is -3.99. The molecule has 11 heteroatoms. The molecule has 0 aromatic heterocycles. The van der Waals surface area contributed by atoms with Crippen LogP contribution < -0.4 is 10.1 Å². The number of anilines is 1. The number of benzene rings is 4. The number of phenols is 1. The van der Waals surface area contributed by atoms with E-state index in [1.807, 2.05) is 6.92 Å². The normalized spacial score (nSPS) is 11.7. The quantitative estimate of drug-likeness (QED) is 0.174. The van der Waals surface area contributed by atoms with Crippen molar-refractivity contribution in [2.45, 2.75) is 18.7 Å². The number of carbonyl (C=O) groups excluding carboxylic acids is 1. The van der Waals surface area contributed by atoms with E-state index in [0.717, 1.165) is 0 Å². The van der Waals surface area contributed by atoms with Crippen LogP contribution in [0.1, 0.15) is 22.8 Å². The summed E-state index contributed by atoms with van der Waals surface area (Å²) in [5, 5.41) is 23.0. The van der Waals surface area contributed by atoms with Crippen molar-refractivity contribution in [3.8, 4) is 11.5 Å². The number of phenolic OH excluding ortho intramolecular Hbond substituents is 1. The number of nitrogens with one attached hydrogen (secondary N) is 1. The number of azo groups is 1. The molecule has 0 atom stereocenters. The van der Waals surface area contributed by atoms with Gasteiger partial charge in [0, 0.05) is 22.2 Å². The molecular weight excluding hydrogens is 518 g/mol. The summed E-state index contributed by atoms with van der Waals surface area (Å²) in [6.07, 6.45) is 0. The third-order valence-electron chi connectivity index (χ3n) is 5.48. The van der Waals surface area contributed by atoms with Crippen LogP contribution in [-0.2, 0) is 10.1 Å². The number of ether oxygens (including phenoxy) is 1. The van der Waals surface area contributed by atoms with Crippen LogP contribution in [0.2, 0.25) is 5.02 Å². The molecule has 4 rings (SSSR count). The van der Waals surface area contributed by atoms with Gasteiger partial charge in [-0.2, -0.15) is 8.42 Å². The molecule has 3 N–H and O–H groups in total. The first-order chi connectivity index (χ1) is 17.6. The fraction of sp³-hybridized carbons (Fsp3) is 0.115. The maximum absolute atomic E-state index is 13.1. The van der Waals surface area contributed by atoms with E-state index in [-0.39, 0.29) is 27.5 Å². The van der Waals surface area contributed by atoms with Crippen molar-refractivity contribution >= 4 is 55.5 Å². The largest absolute Gasteiger partial charge is 0.505 e. The smallest absolute Gasteiger partial charge is 0.297 e. The Morgan fingerprint density at radius 3 is 2.54 bits per heavy atom. The molecule has 37 heavy (non-hydrogen) atoms. The number of amides is 1. The topological polar surface area (TPSA) is 138 Å². The second-order valence-electron chi connectivity index (χ2n) is 7.95. The first-order valence-corrected chi connectivity index (χ1v) is 12.9. The van der Waals surface area contributed by atoms with E-state index >= 15 is 0 Å². The van der Waals surface area contributed by atoms with Gasteiger partial charge < -0.3 is 15.2 Å². The second-order valence-corrected chi connectivity index (χ2v) is 9.72. The Labute approximate surface area is 218 Å². The molecule has 190 valence electrons. The highest BCUT2D eigenvalue weighted by Gasteiger charge is 2.22. The minimum Gasteiger partial charge on any atom is -0.505 e. The van der Waals surface area contributed by atoms with Crippen LogP contribution in [-0.4, -0.2) is 30.6 Å². The minimum atomic E-state index is -4.68. The Morgan fingerprint density at radius 2 is 1.81 bits per heavy atom. The Morgan fingerprint density at radius 1 is 1.05 bits per heavy atom. The van der Waals surface area contributed by atoms with Crippen LogP contribution in [0.4, 0.5) is 17.1 Å². The molecule has 0 saturated heterocycles.